The fraction of sp³-hybridized carbons (Fsp3) is 0.467. The van der Waals surface area contributed by atoms with Crippen LogP contribution in [0.4, 0.5) is 0 Å². The Bertz CT molecular complexity index is 607. The molecular weight excluding hydrogens is 268 g/mol. The highest BCUT2D eigenvalue weighted by molar-refractivity contribution is 5.77. The van der Waals surface area contributed by atoms with E-state index >= 15 is 0 Å². The molecule has 1 amide bonds. The van der Waals surface area contributed by atoms with Crippen molar-refractivity contribution in [3.63, 3.8) is 0 Å². The molecule has 0 bridgehead atoms. The first kappa shape index (κ1) is 15.3. The van der Waals surface area contributed by atoms with Crippen LogP contribution in [0.15, 0.2) is 24.5 Å². The van der Waals surface area contributed by atoms with Crippen molar-refractivity contribution in [1.82, 2.24) is 14.7 Å². The van der Waals surface area contributed by atoms with Crippen LogP contribution in [0.3, 0.4) is 0 Å². The Hall–Kier alpha value is -2.08. The van der Waals surface area contributed by atoms with Crippen LogP contribution >= 0.6 is 0 Å². The largest absolute Gasteiger partial charge is 0.480 e. The van der Waals surface area contributed by atoms with Crippen molar-refractivity contribution in [3.05, 3.63) is 30.2 Å². The van der Waals surface area contributed by atoms with E-state index in [1.54, 1.807) is 0 Å². The van der Waals surface area contributed by atoms with Crippen LogP contribution in [0, 0.1) is 5.92 Å². The van der Waals surface area contributed by atoms with Crippen LogP contribution in [-0.2, 0) is 11.2 Å². The Morgan fingerprint density at radius 2 is 2.33 bits per heavy atom. The molecule has 2 aromatic rings. The van der Waals surface area contributed by atoms with Gasteiger partial charge in [-0.15, -0.1) is 0 Å². The zero-order chi connectivity index (χ0) is 15.2. The van der Waals surface area contributed by atoms with E-state index in [1.165, 1.54) is 0 Å². The summed E-state index contributed by atoms with van der Waals surface area (Å²) in [6.07, 6.45) is 4.54. The van der Waals surface area contributed by atoms with Crippen LogP contribution < -0.4 is 15.8 Å². The first-order chi connectivity index (χ1) is 10.1. The van der Waals surface area contributed by atoms with Crippen molar-refractivity contribution in [2.24, 2.45) is 11.7 Å². The van der Waals surface area contributed by atoms with E-state index in [4.69, 9.17) is 10.5 Å². The van der Waals surface area contributed by atoms with Gasteiger partial charge in [-0.1, -0.05) is 13.8 Å². The lowest BCUT2D eigenvalue weighted by atomic mass is 10.2. The van der Waals surface area contributed by atoms with Crippen molar-refractivity contribution >= 4 is 11.6 Å². The molecule has 2 rings (SSSR count). The van der Waals surface area contributed by atoms with Gasteiger partial charge in [-0.05, 0) is 24.6 Å². The Labute approximate surface area is 124 Å². The lowest BCUT2D eigenvalue weighted by molar-refractivity contribution is -0.123. The molecule has 0 fully saturated rings. The molecule has 0 unspecified atom stereocenters. The Kier molecular flexibility index (Phi) is 5.16. The number of ether oxygens (including phenoxy) is 1. The minimum absolute atomic E-state index is 0.00846. The lowest BCUT2D eigenvalue weighted by Crippen LogP contribution is -2.31. The second-order valence-electron chi connectivity index (χ2n) is 5.36. The molecule has 0 saturated carbocycles. The van der Waals surface area contributed by atoms with E-state index in [2.05, 4.69) is 10.3 Å². The summed E-state index contributed by atoms with van der Waals surface area (Å²) in [7, 11) is 0. The molecule has 21 heavy (non-hydrogen) atoms. The summed E-state index contributed by atoms with van der Waals surface area (Å²) in [5, 5.41) is 2.82. The fourth-order valence-electron chi connectivity index (χ4n) is 1.93. The number of pyridine rings is 1. The molecular formula is C15H22N4O2. The zero-order valence-electron chi connectivity index (χ0n) is 12.5. The quantitative estimate of drug-likeness (QED) is 0.796. The van der Waals surface area contributed by atoms with Crippen LogP contribution in [0.2, 0.25) is 0 Å². The van der Waals surface area contributed by atoms with Gasteiger partial charge >= 0.3 is 0 Å². The third-order valence-corrected chi connectivity index (χ3v) is 2.96. The van der Waals surface area contributed by atoms with Gasteiger partial charge in [-0.2, -0.15) is 0 Å². The predicted molar refractivity (Wildman–Crippen MR) is 81.3 cm³/mol. The van der Waals surface area contributed by atoms with Crippen molar-refractivity contribution < 1.29 is 9.53 Å². The highest BCUT2D eigenvalue weighted by Crippen LogP contribution is 2.19. The predicted octanol–water partition coefficient (Wildman–Crippen LogP) is 0.987. The maximum atomic E-state index is 11.7. The molecule has 0 aliphatic rings. The smallest absolute Gasteiger partial charge is 0.257 e. The number of fused-ring (bicyclic) bond motifs is 1. The topological polar surface area (TPSA) is 81.6 Å². The summed E-state index contributed by atoms with van der Waals surface area (Å²) in [5.41, 5.74) is 7.16. The molecule has 2 aromatic heterocycles. The highest BCUT2D eigenvalue weighted by atomic mass is 16.5. The minimum Gasteiger partial charge on any atom is -0.480 e. The van der Waals surface area contributed by atoms with E-state index < -0.39 is 0 Å². The monoisotopic (exact) mass is 290 g/mol. The molecule has 0 spiro atoms. The van der Waals surface area contributed by atoms with E-state index in [0.29, 0.717) is 30.4 Å². The number of carbonyl (C=O) groups is 1. The van der Waals surface area contributed by atoms with E-state index in [1.807, 2.05) is 42.8 Å². The van der Waals surface area contributed by atoms with Crippen molar-refractivity contribution in [1.29, 1.82) is 0 Å². The number of hydrogen-bond donors (Lipinski definition) is 2. The molecule has 3 N–H and O–H groups in total. The van der Waals surface area contributed by atoms with Gasteiger partial charge in [0.05, 0.1) is 5.69 Å². The molecule has 0 aromatic carbocycles. The second-order valence-corrected chi connectivity index (χ2v) is 5.36. The van der Waals surface area contributed by atoms with Crippen molar-refractivity contribution in [2.45, 2.75) is 20.3 Å². The maximum Gasteiger partial charge on any atom is 0.257 e. The van der Waals surface area contributed by atoms with Crippen molar-refractivity contribution in [3.8, 4) is 5.75 Å². The van der Waals surface area contributed by atoms with Gasteiger partial charge < -0.3 is 20.2 Å². The third-order valence-electron chi connectivity index (χ3n) is 2.96. The van der Waals surface area contributed by atoms with E-state index in [-0.39, 0.29) is 12.5 Å². The molecule has 0 atom stereocenters. The van der Waals surface area contributed by atoms with Crippen LogP contribution in [0.1, 0.15) is 19.5 Å². The van der Waals surface area contributed by atoms with Crippen LogP contribution in [0.25, 0.3) is 5.65 Å². The molecule has 6 heteroatoms. The average molecular weight is 290 g/mol. The zero-order valence-corrected chi connectivity index (χ0v) is 12.5. The van der Waals surface area contributed by atoms with Gasteiger partial charge in [0, 0.05) is 25.4 Å². The summed E-state index contributed by atoms with van der Waals surface area (Å²) in [6, 6.07) is 3.67. The molecule has 0 aliphatic heterocycles. The lowest BCUT2D eigenvalue weighted by Gasteiger charge is -2.09. The van der Waals surface area contributed by atoms with Gasteiger partial charge in [0.15, 0.2) is 18.0 Å². The molecule has 6 nitrogen and oxygen atoms in total. The minimum atomic E-state index is -0.126. The number of nitrogens with two attached hydrogens (primary N) is 1. The molecule has 2 heterocycles. The van der Waals surface area contributed by atoms with Crippen LogP contribution in [0.5, 0.6) is 5.75 Å². The Morgan fingerprint density at radius 1 is 1.52 bits per heavy atom. The number of hydrogen-bond acceptors (Lipinski definition) is 4. The van der Waals surface area contributed by atoms with Crippen molar-refractivity contribution in [2.75, 3.05) is 19.7 Å². The van der Waals surface area contributed by atoms with E-state index in [9.17, 15) is 4.79 Å². The number of carbonyl (C=O) groups excluding carboxylic acids is 1. The number of amides is 1. The molecule has 0 radical (unpaired) electrons. The van der Waals surface area contributed by atoms with Crippen LogP contribution in [-0.4, -0.2) is 35.0 Å². The number of nitrogens with one attached hydrogen (secondary N) is 1. The number of imidazole rings is 1. The first-order valence-corrected chi connectivity index (χ1v) is 7.16. The van der Waals surface area contributed by atoms with Gasteiger partial charge in [0.25, 0.3) is 5.91 Å². The summed E-state index contributed by atoms with van der Waals surface area (Å²) in [5.74, 6) is 0.892. The van der Waals surface area contributed by atoms with E-state index in [0.717, 1.165) is 12.1 Å². The fourth-order valence-corrected chi connectivity index (χ4v) is 1.93. The molecule has 114 valence electrons. The Balaban J connectivity index is 2.02. The SMILES string of the molecule is CC(C)CNC(=O)COc1cccn2cc(CCN)nc12. The summed E-state index contributed by atoms with van der Waals surface area (Å²) >= 11 is 0. The number of rotatable bonds is 7. The van der Waals surface area contributed by atoms with Gasteiger partial charge in [-0.3, -0.25) is 4.79 Å². The standard InChI is InChI=1S/C15H22N4O2/c1-11(2)8-17-14(20)10-21-13-4-3-7-19-9-12(5-6-16)18-15(13)19/h3-4,7,9,11H,5-6,8,10,16H2,1-2H3,(H,17,20). The summed E-state index contributed by atoms with van der Waals surface area (Å²) in [6.45, 7) is 5.29. The van der Waals surface area contributed by atoms with Gasteiger partial charge in [0.2, 0.25) is 0 Å². The van der Waals surface area contributed by atoms with Gasteiger partial charge in [0.1, 0.15) is 0 Å². The summed E-state index contributed by atoms with van der Waals surface area (Å²) < 4.78 is 7.46. The molecule has 0 saturated heterocycles. The summed E-state index contributed by atoms with van der Waals surface area (Å²) in [4.78, 5) is 16.2. The van der Waals surface area contributed by atoms with Gasteiger partial charge in [-0.25, -0.2) is 4.98 Å². The first-order valence-electron chi connectivity index (χ1n) is 7.16. The average Bonchev–Trinajstić information content (AvgIpc) is 2.86. The number of aromatic nitrogens is 2. The normalized spacial score (nSPS) is 11.0. The maximum absolute atomic E-state index is 11.7. The second kappa shape index (κ2) is 7.08. The number of nitrogens with zero attached hydrogens (tertiary/aromatic N) is 2. The molecule has 0 aliphatic carbocycles. The highest BCUT2D eigenvalue weighted by Gasteiger charge is 2.09. The third kappa shape index (κ3) is 4.19. The Morgan fingerprint density at radius 3 is 3.05 bits per heavy atom.